The van der Waals surface area contributed by atoms with Crippen LogP contribution in [0.25, 0.3) is 22.0 Å². The molecule has 6 nitrogen and oxygen atoms in total. The number of carboxylic acid groups (broad SMARTS) is 1. The van der Waals surface area contributed by atoms with Crippen LogP contribution in [0.4, 0.5) is 0 Å². The number of aromatic nitrogens is 2. The van der Waals surface area contributed by atoms with Gasteiger partial charge in [0.05, 0.1) is 11.7 Å². The Hall–Kier alpha value is -3.77. The average Bonchev–Trinajstić information content (AvgIpc) is 3.42. The van der Waals surface area contributed by atoms with Crippen LogP contribution < -0.4 is 4.74 Å². The van der Waals surface area contributed by atoms with Crippen molar-refractivity contribution >= 4 is 39.6 Å². The molecular weight excluding hydrogens is 464 g/mol. The number of pyridine rings is 1. The van der Waals surface area contributed by atoms with Crippen molar-refractivity contribution in [3.05, 3.63) is 95.0 Å². The summed E-state index contributed by atoms with van der Waals surface area (Å²) >= 11 is 6.06. The Kier molecular flexibility index (Phi) is 5.99. The number of nitrogens with zero attached hydrogens (tertiary/aromatic N) is 2. The van der Waals surface area contributed by atoms with Gasteiger partial charge in [-0.2, -0.15) is 0 Å². The summed E-state index contributed by atoms with van der Waals surface area (Å²) < 4.78 is 13.5. The molecule has 5 rings (SSSR count). The largest absolute Gasteiger partial charge is 0.489 e. The molecule has 178 valence electrons. The Bertz CT molecular complexity index is 1520. The molecule has 0 unspecified atom stereocenters. The van der Waals surface area contributed by atoms with Crippen LogP contribution in [-0.2, 0) is 24.4 Å². The SMILES string of the molecule is CC(C)(Cc1cc2cc(OCc3cnc4occc4c3)ccc2n1Cc1ccc(Cl)cc1)C(=O)O. The van der Waals surface area contributed by atoms with Crippen molar-refractivity contribution < 1.29 is 19.1 Å². The lowest BCUT2D eigenvalue weighted by molar-refractivity contribution is -0.146. The second-order valence-corrected chi connectivity index (χ2v) is 9.82. The highest BCUT2D eigenvalue weighted by Gasteiger charge is 2.29. The lowest BCUT2D eigenvalue weighted by Crippen LogP contribution is -2.27. The second kappa shape index (κ2) is 9.12. The molecule has 35 heavy (non-hydrogen) atoms. The highest BCUT2D eigenvalue weighted by molar-refractivity contribution is 6.30. The van der Waals surface area contributed by atoms with Crippen LogP contribution in [0.15, 0.2) is 77.5 Å². The molecule has 0 amide bonds. The molecular formula is C28H25ClN2O4. The number of hydrogen-bond acceptors (Lipinski definition) is 4. The molecule has 0 saturated heterocycles. The quantitative estimate of drug-likeness (QED) is 0.262. The van der Waals surface area contributed by atoms with Crippen molar-refractivity contribution in [1.29, 1.82) is 0 Å². The maximum atomic E-state index is 11.8. The average molecular weight is 489 g/mol. The second-order valence-electron chi connectivity index (χ2n) is 9.38. The molecule has 0 radical (unpaired) electrons. The minimum absolute atomic E-state index is 0.379. The van der Waals surface area contributed by atoms with Gasteiger partial charge in [-0.1, -0.05) is 23.7 Å². The van der Waals surface area contributed by atoms with E-state index < -0.39 is 11.4 Å². The van der Waals surface area contributed by atoms with Crippen molar-refractivity contribution in [2.24, 2.45) is 5.41 Å². The lowest BCUT2D eigenvalue weighted by Gasteiger charge is -2.20. The molecule has 5 aromatic rings. The van der Waals surface area contributed by atoms with Gasteiger partial charge in [0, 0.05) is 51.7 Å². The van der Waals surface area contributed by atoms with Crippen molar-refractivity contribution in [3.63, 3.8) is 0 Å². The molecule has 7 heteroatoms. The van der Waals surface area contributed by atoms with E-state index >= 15 is 0 Å². The fourth-order valence-corrected chi connectivity index (χ4v) is 4.31. The smallest absolute Gasteiger partial charge is 0.309 e. The molecule has 0 aliphatic rings. The highest BCUT2D eigenvalue weighted by Crippen LogP contribution is 2.31. The standard InChI is InChI=1S/C28H25ClN2O4/c1-28(2,27(32)33)14-23-12-21-13-24(35-17-19-11-20-9-10-34-26(20)30-15-19)7-8-25(21)31(23)16-18-3-5-22(29)6-4-18/h3-13,15H,14,16-17H2,1-2H3,(H,32,33). The number of aliphatic carboxylic acids is 1. The zero-order valence-electron chi connectivity index (χ0n) is 19.5. The van der Waals surface area contributed by atoms with Gasteiger partial charge in [0.1, 0.15) is 12.4 Å². The van der Waals surface area contributed by atoms with Gasteiger partial charge >= 0.3 is 5.97 Å². The van der Waals surface area contributed by atoms with Crippen LogP contribution >= 0.6 is 11.6 Å². The van der Waals surface area contributed by atoms with Gasteiger partial charge in [-0.05, 0) is 67.9 Å². The van der Waals surface area contributed by atoms with Crippen LogP contribution in [0.2, 0.25) is 5.02 Å². The molecule has 0 aliphatic carbocycles. The van der Waals surface area contributed by atoms with Gasteiger partial charge < -0.3 is 18.8 Å². The number of halogens is 1. The summed E-state index contributed by atoms with van der Waals surface area (Å²) in [5.74, 6) is -0.0921. The van der Waals surface area contributed by atoms with Gasteiger partial charge in [0.15, 0.2) is 0 Å². The summed E-state index contributed by atoms with van der Waals surface area (Å²) in [6.45, 7) is 4.49. The van der Waals surface area contributed by atoms with Crippen LogP contribution in [-0.4, -0.2) is 20.6 Å². The fraction of sp³-hybridized carbons (Fsp3) is 0.214. The van der Waals surface area contributed by atoms with Crippen LogP contribution in [0.1, 0.15) is 30.7 Å². The van der Waals surface area contributed by atoms with E-state index in [9.17, 15) is 9.90 Å². The molecule has 0 bridgehead atoms. The predicted molar refractivity (Wildman–Crippen MR) is 136 cm³/mol. The molecule has 0 atom stereocenters. The number of carbonyl (C=O) groups is 1. The van der Waals surface area contributed by atoms with E-state index in [4.69, 9.17) is 20.8 Å². The predicted octanol–water partition coefficient (Wildman–Crippen LogP) is 6.72. The fourth-order valence-electron chi connectivity index (χ4n) is 4.18. The van der Waals surface area contributed by atoms with E-state index in [1.807, 2.05) is 54.6 Å². The zero-order chi connectivity index (χ0) is 24.6. The molecule has 2 aromatic carbocycles. The number of ether oxygens (including phenoxy) is 1. The third-order valence-electron chi connectivity index (χ3n) is 6.18. The van der Waals surface area contributed by atoms with Crippen LogP contribution in [0, 0.1) is 5.41 Å². The van der Waals surface area contributed by atoms with E-state index in [1.54, 1.807) is 26.3 Å². The third kappa shape index (κ3) is 4.88. The topological polar surface area (TPSA) is 77.5 Å². The monoisotopic (exact) mass is 488 g/mol. The third-order valence-corrected chi connectivity index (χ3v) is 6.43. The minimum atomic E-state index is -0.899. The van der Waals surface area contributed by atoms with Crippen molar-refractivity contribution in [2.75, 3.05) is 0 Å². The van der Waals surface area contributed by atoms with E-state index in [0.29, 0.717) is 30.3 Å². The number of furan rings is 1. The molecule has 0 fully saturated rings. The van der Waals surface area contributed by atoms with Crippen LogP contribution in [0.3, 0.4) is 0 Å². The Balaban J connectivity index is 1.45. The van der Waals surface area contributed by atoms with Gasteiger partial charge in [0.25, 0.3) is 0 Å². The van der Waals surface area contributed by atoms with E-state index in [-0.39, 0.29) is 0 Å². The molecule has 3 heterocycles. The van der Waals surface area contributed by atoms with Crippen molar-refractivity contribution in [1.82, 2.24) is 9.55 Å². The van der Waals surface area contributed by atoms with E-state index in [1.165, 1.54) is 0 Å². The number of fused-ring (bicyclic) bond motifs is 2. The van der Waals surface area contributed by atoms with E-state index in [0.717, 1.165) is 38.9 Å². The molecule has 0 aliphatic heterocycles. The van der Waals surface area contributed by atoms with E-state index in [2.05, 4.69) is 15.6 Å². The van der Waals surface area contributed by atoms with Crippen LogP contribution in [0.5, 0.6) is 5.75 Å². The molecule has 1 N–H and O–H groups in total. The molecule has 0 spiro atoms. The number of carboxylic acids is 1. The summed E-state index contributed by atoms with van der Waals surface area (Å²) in [6, 6.07) is 19.6. The Labute approximate surface area is 207 Å². The maximum Gasteiger partial charge on any atom is 0.309 e. The van der Waals surface area contributed by atoms with Gasteiger partial charge in [0.2, 0.25) is 5.71 Å². The van der Waals surface area contributed by atoms with Crippen molar-refractivity contribution in [3.8, 4) is 5.75 Å². The van der Waals surface area contributed by atoms with Gasteiger partial charge in [-0.15, -0.1) is 0 Å². The zero-order valence-corrected chi connectivity index (χ0v) is 20.2. The van der Waals surface area contributed by atoms with Gasteiger partial charge in [-0.3, -0.25) is 4.79 Å². The van der Waals surface area contributed by atoms with Crippen molar-refractivity contribution in [2.45, 2.75) is 33.4 Å². The number of hydrogen-bond donors (Lipinski definition) is 1. The Morgan fingerprint density at radius 2 is 1.86 bits per heavy atom. The first kappa shape index (κ1) is 23.0. The summed E-state index contributed by atoms with van der Waals surface area (Å²) in [7, 11) is 0. The number of rotatable bonds is 8. The maximum absolute atomic E-state index is 11.8. The summed E-state index contributed by atoms with van der Waals surface area (Å²) in [5.41, 5.74) is 3.71. The summed E-state index contributed by atoms with van der Waals surface area (Å²) in [4.78, 5) is 16.1. The summed E-state index contributed by atoms with van der Waals surface area (Å²) in [5, 5.41) is 12.3. The lowest BCUT2D eigenvalue weighted by atomic mass is 9.88. The minimum Gasteiger partial charge on any atom is -0.489 e. The Morgan fingerprint density at radius 1 is 1.06 bits per heavy atom. The first-order valence-electron chi connectivity index (χ1n) is 11.3. The molecule has 3 aromatic heterocycles. The Morgan fingerprint density at radius 3 is 2.63 bits per heavy atom. The normalized spacial score (nSPS) is 11.9. The summed E-state index contributed by atoms with van der Waals surface area (Å²) in [6.07, 6.45) is 3.77. The van der Waals surface area contributed by atoms with Gasteiger partial charge in [-0.25, -0.2) is 4.98 Å². The first-order chi connectivity index (χ1) is 16.8. The highest BCUT2D eigenvalue weighted by atomic mass is 35.5. The first-order valence-corrected chi connectivity index (χ1v) is 11.7. The molecule has 0 saturated carbocycles. The number of benzene rings is 2.